The molecule has 0 saturated carbocycles. The van der Waals surface area contributed by atoms with E-state index in [0.29, 0.717) is 12.8 Å². The molecule has 2 aromatic carbocycles. The number of aromatic nitrogens is 1. The lowest BCUT2D eigenvalue weighted by molar-refractivity contribution is -0.129. The van der Waals surface area contributed by atoms with E-state index >= 15 is 0 Å². The maximum atomic E-state index is 11.1. The Labute approximate surface area is 162 Å². The zero-order valence-electron chi connectivity index (χ0n) is 14.9. The van der Waals surface area contributed by atoms with E-state index in [1.807, 2.05) is 54.6 Å². The molecule has 0 spiro atoms. The Bertz CT molecular complexity index is 916. The van der Waals surface area contributed by atoms with Crippen molar-refractivity contribution in [2.45, 2.75) is 37.5 Å². The molecule has 0 aliphatic carbocycles. The summed E-state index contributed by atoms with van der Waals surface area (Å²) in [6.45, 7) is 0. The monoisotopic (exact) mass is 379 g/mol. The van der Waals surface area contributed by atoms with E-state index in [1.54, 1.807) is 16.8 Å². The number of hydrogen-bond acceptors (Lipinski definition) is 5. The van der Waals surface area contributed by atoms with E-state index in [0.717, 1.165) is 33.6 Å². The summed E-state index contributed by atoms with van der Waals surface area (Å²) in [5.74, 6) is -0.379. The van der Waals surface area contributed by atoms with E-state index < -0.39 is 5.41 Å². The first-order valence-corrected chi connectivity index (χ1v) is 9.77. The lowest BCUT2D eigenvalue weighted by atomic mass is 9.78. The number of carbonyl (C=O) groups excluding carboxylic acids is 1. The van der Waals surface area contributed by atoms with E-state index in [-0.39, 0.29) is 12.3 Å². The maximum absolute atomic E-state index is 11.1. The number of nitrogens with zero attached hydrogens (tertiary/aromatic N) is 2. The van der Waals surface area contributed by atoms with Crippen LogP contribution in [0.25, 0.3) is 10.2 Å². The quantitative estimate of drug-likeness (QED) is 0.341. The first-order chi connectivity index (χ1) is 13.2. The van der Waals surface area contributed by atoms with Crippen LogP contribution in [-0.4, -0.2) is 16.1 Å². The summed E-state index contributed by atoms with van der Waals surface area (Å²) in [6.07, 6.45) is 3.17. The number of nitriles is 1. The Kier molecular flexibility index (Phi) is 6.17. The van der Waals surface area contributed by atoms with Crippen molar-refractivity contribution in [1.82, 2.24) is 10.5 Å². The first kappa shape index (κ1) is 19.0. The van der Waals surface area contributed by atoms with E-state index in [2.05, 4.69) is 6.07 Å². The van der Waals surface area contributed by atoms with Gasteiger partial charge in [-0.15, -0.1) is 11.3 Å². The third kappa shape index (κ3) is 4.16. The van der Waals surface area contributed by atoms with Gasteiger partial charge in [-0.1, -0.05) is 55.3 Å². The molecule has 1 amide bonds. The maximum Gasteiger partial charge on any atom is 0.243 e. The van der Waals surface area contributed by atoms with Crippen LogP contribution < -0.4 is 5.48 Å². The fourth-order valence-corrected chi connectivity index (χ4v) is 4.39. The molecule has 2 N–H and O–H groups in total. The molecule has 1 unspecified atom stereocenters. The number of hydrogen-bond donors (Lipinski definition) is 2. The van der Waals surface area contributed by atoms with Gasteiger partial charge in [0.15, 0.2) is 0 Å². The highest BCUT2D eigenvalue weighted by Crippen LogP contribution is 2.40. The van der Waals surface area contributed by atoms with Crippen LogP contribution in [0, 0.1) is 11.3 Å². The summed E-state index contributed by atoms with van der Waals surface area (Å²) in [5.41, 5.74) is 2.70. The molecule has 0 aliphatic rings. The van der Waals surface area contributed by atoms with Crippen LogP contribution in [-0.2, 0) is 10.2 Å². The number of para-hydroxylation sites is 1. The minimum absolute atomic E-state index is 0.280. The third-order valence-corrected chi connectivity index (χ3v) is 5.89. The molecular weight excluding hydrogens is 358 g/mol. The third-order valence-electron chi connectivity index (χ3n) is 4.70. The lowest BCUT2D eigenvalue weighted by Crippen LogP contribution is -2.25. The molecule has 0 fully saturated rings. The van der Waals surface area contributed by atoms with Gasteiger partial charge in [-0.2, -0.15) is 5.26 Å². The van der Waals surface area contributed by atoms with E-state index in [9.17, 15) is 10.1 Å². The molecule has 0 radical (unpaired) electrons. The summed E-state index contributed by atoms with van der Waals surface area (Å²) in [7, 11) is 0. The van der Waals surface area contributed by atoms with Crippen LogP contribution in [0.3, 0.4) is 0 Å². The Balaban J connectivity index is 1.87. The molecule has 1 atom stereocenters. The van der Waals surface area contributed by atoms with Gasteiger partial charge < -0.3 is 0 Å². The molecule has 0 aliphatic heterocycles. The van der Waals surface area contributed by atoms with Crippen LogP contribution >= 0.6 is 11.3 Å². The van der Waals surface area contributed by atoms with Crippen LogP contribution in [0.2, 0.25) is 0 Å². The summed E-state index contributed by atoms with van der Waals surface area (Å²) in [6, 6.07) is 20.3. The number of rotatable bonds is 8. The Hall–Kier alpha value is -2.75. The van der Waals surface area contributed by atoms with Gasteiger partial charge in [-0.25, -0.2) is 10.5 Å². The number of thiazole rings is 1. The SMILES string of the molecule is N#CC(CCCCCC(=O)NO)(c1ccccc1)c1nc2ccccc2s1. The van der Waals surface area contributed by atoms with Gasteiger partial charge in [0.1, 0.15) is 10.4 Å². The van der Waals surface area contributed by atoms with Gasteiger partial charge in [0.2, 0.25) is 5.91 Å². The lowest BCUT2D eigenvalue weighted by Gasteiger charge is -2.25. The van der Waals surface area contributed by atoms with E-state index in [4.69, 9.17) is 10.2 Å². The van der Waals surface area contributed by atoms with Crippen LogP contribution in [0.5, 0.6) is 0 Å². The van der Waals surface area contributed by atoms with Crippen molar-refractivity contribution in [3.8, 4) is 6.07 Å². The molecular formula is C21H21N3O2S. The Morgan fingerprint density at radius 2 is 1.85 bits per heavy atom. The first-order valence-electron chi connectivity index (χ1n) is 8.95. The molecule has 5 nitrogen and oxygen atoms in total. The minimum Gasteiger partial charge on any atom is -0.289 e. The number of amides is 1. The zero-order valence-corrected chi connectivity index (χ0v) is 15.7. The van der Waals surface area contributed by atoms with Crippen LogP contribution in [0.1, 0.15) is 42.7 Å². The highest BCUT2D eigenvalue weighted by Gasteiger charge is 2.37. The number of unbranched alkanes of at least 4 members (excludes halogenated alkanes) is 2. The average Bonchev–Trinajstić information content (AvgIpc) is 3.16. The van der Waals surface area contributed by atoms with Crippen molar-refractivity contribution in [2.24, 2.45) is 0 Å². The molecule has 6 heteroatoms. The zero-order chi connectivity index (χ0) is 19.1. The molecule has 1 heterocycles. The summed E-state index contributed by atoms with van der Waals surface area (Å²) in [4.78, 5) is 15.9. The Morgan fingerprint density at radius 1 is 1.11 bits per heavy atom. The van der Waals surface area contributed by atoms with Gasteiger partial charge >= 0.3 is 0 Å². The van der Waals surface area contributed by atoms with Crippen molar-refractivity contribution in [1.29, 1.82) is 5.26 Å². The van der Waals surface area contributed by atoms with E-state index in [1.165, 1.54) is 0 Å². The molecule has 3 rings (SSSR count). The average molecular weight is 379 g/mol. The standard InChI is InChI=1S/C21H21N3O2S/c22-15-21(16-9-3-1-4-10-16,14-8-2-5-13-19(25)24-26)20-23-17-11-6-7-12-18(17)27-20/h1,3-4,6-7,9-12,26H,2,5,8,13-14H2,(H,24,25). The molecule has 3 aromatic rings. The fourth-order valence-electron chi connectivity index (χ4n) is 3.23. The topological polar surface area (TPSA) is 86.0 Å². The van der Waals surface area contributed by atoms with Crippen molar-refractivity contribution in [2.75, 3.05) is 0 Å². The number of benzene rings is 2. The highest BCUT2D eigenvalue weighted by atomic mass is 32.1. The number of carbonyl (C=O) groups is 1. The molecule has 27 heavy (non-hydrogen) atoms. The van der Waals surface area contributed by atoms with Gasteiger partial charge in [0.05, 0.1) is 16.3 Å². The number of fused-ring (bicyclic) bond motifs is 1. The summed E-state index contributed by atoms with van der Waals surface area (Å²) >= 11 is 1.57. The normalized spacial score (nSPS) is 13.0. The van der Waals surface area contributed by atoms with Gasteiger partial charge in [-0.05, 0) is 30.5 Å². The molecule has 0 saturated heterocycles. The van der Waals surface area contributed by atoms with Crippen LogP contribution in [0.4, 0.5) is 0 Å². The number of nitrogens with one attached hydrogen (secondary N) is 1. The second-order valence-electron chi connectivity index (χ2n) is 6.47. The van der Waals surface area contributed by atoms with Crippen molar-refractivity contribution in [3.63, 3.8) is 0 Å². The van der Waals surface area contributed by atoms with Crippen molar-refractivity contribution in [3.05, 3.63) is 65.2 Å². The van der Waals surface area contributed by atoms with Crippen LogP contribution in [0.15, 0.2) is 54.6 Å². The van der Waals surface area contributed by atoms with Gasteiger partial charge in [0, 0.05) is 6.42 Å². The second-order valence-corrected chi connectivity index (χ2v) is 7.50. The molecule has 138 valence electrons. The largest absolute Gasteiger partial charge is 0.289 e. The minimum atomic E-state index is -0.801. The van der Waals surface area contributed by atoms with Gasteiger partial charge in [0.25, 0.3) is 0 Å². The summed E-state index contributed by atoms with van der Waals surface area (Å²) < 4.78 is 1.07. The fraction of sp³-hybridized carbons (Fsp3) is 0.286. The Morgan fingerprint density at radius 3 is 2.56 bits per heavy atom. The predicted octanol–water partition coefficient (Wildman–Crippen LogP) is 4.56. The smallest absolute Gasteiger partial charge is 0.243 e. The van der Waals surface area contributed by atoms with Crippen molar-refractivity contribution >= 4 is 27.5 Å². The molecule has 1 aromatic heterocycles. The summed E-state index contributed by atoms with van der Waals surface area (Å²) in [5, 5.41) is 19.6. The molecule has 0 bridgehead atoms. The number of hydroxylamine groups is 1. The highest BCUT2D eigenvalue weighted by molar-refractivity contribution is 7.18. The van der Waals surface area contributed by atoms with Gasteiger partial charge in [-0.3, -0.25) is 10.0 Å². The predicted molar refractivity (Wildman–Crippen MR) is 105 cm³/mol. The van der Waals surface area contributed by atoms with Crippen molar-refractivity contribution < 1.29 is 10.0 Å². The second kappa shape index (κ2) is 8.76.